The lowest BCUT2D eigenvalue weighted by atomic mass is 10.1. The molecule has 0 radical (unpaired) electrons. The first-order valence-electron chi connectivity index (χ1n) is 6.61. The van der Waals surface area contributed by atoms with Crippen molar-refractivity contribution in [3.63, 3.8) is 0 Å². The van der Waals surface area contributed by atoms with Crippen LogP contribution in [0.3, 0.4) is 0 Å². The fourth-order valence-corrected chi connectivity index (χ4v) is 2.72. The maximum atomic E-state index is 11.0. The molecule has 1 aromatic rings. The Morgan fingerprint density at radius 1 is 1.42 bits per heavy atom. The molecule has 0 aliphatic carbocycles. The molecule has 0 fully saturated rings. The van der Waals surface area contributed by atoms with E-state index in [0.717, 1.165) is 29.8 Å². The van der Waals surface area contributed by atoms with Gasteiger partial charge in [0, 0.05) is 13.1 Å². The summed E-state index contributed by atoms with van der Waals surface area (Å²) < 4.78 is 0. The number of hydrogen-bond acceptors (Lipinski definition) is 2. The van der Waals surface area contributed by atoms with E-state index < -0.39 is 11.9 Å². The lowest BCUT2D eigenvalue weighted by Gasteiger charge is -2.29. The summed E-state index contributed by atoms with van der Waals surface area (Å²) in [5.41, 5.74) is 3.17. The van der Waals surface area contributed by atoms with Crippen molar-refractivity contribution in [1.82, 2.24) is 0 Å². The van der Waals surface area contributed by atoms with Gasteiger partial charge >= 0.3 is 5.97 Å². The Morgan fingerprint density at radius 2 is 2.05 bits per heavy atom. The molecular weight excluding hydrogens is 262 g/mol. The Labute approximate surface area is 120 Å². The molecule has 1 atom stereocenters. The third-order valence-electron chi connectivity index (χ3n) is 3.12. The SMILES string of the molecule is CCCN(CC(C)C(=O)O)c1c(C)cc(C)cc1Cl. The summed E-state index contributed by atoms with van der Waals surface area (Å²) in [7, 11) is 0. The number of carboxylic acid groups (broad SMARTS) is 1. The van der Waals surface area contributed by atoms with Crippen LogP contribution in [0.4, 0.5) is 5.69 Å². The normalized spacial score (nSPS) is 12.3. The van der Waals surface area contributed by atoms with Crippen molar-refractivity contribution in [3.8, 4) is 0 Å². The van der Waals surface area contributed by atoms with Gasteiger partial charge in [0.2, 0.25) is 0 Å². The quantitative estimate of drug-likeness (QED) is 0.861. The van der Waals surface area contributed by atoms with Crippen molar-refractivity contribution in [2.24, 2.45) is 5.92 Å². The second kappa shape index (κ2) is 6.80. The number of rotatable bonds is 6. The molecule has 1 unspecified atom stereocenters. The molecule has 19 heavy (non-hydrogen) atoms. The summed E-state index contributed by atoms with van der Waals surface area (Å²) in [5, 5.41) is 9.77. The maximum Gasteiger partial charge on any atom is 0.308 e. The molecule has 4 heteroatoms. The van der Waals surface area contributed by atoms with E-state index in [2.05, 4.69) is 17.9 Å². The van der Waals surface area contributed by atoms with E-state index in [1.54, 1.807) is 6.92 Å². The van der Waals surface area contributed by atoms with Crippen LogP contribution in [-0.2, 0) is 4.79 Å². The molecule has 0 saturated heterocycles. The second-order valence-corrected chi connectivity index (χ2v) is 5.50. The van der Waals surface area contributed by atoms with Crippen LogP contribution in [0.25, 0.3) is 0 Å². The minimum absolute atomic E-state index is 0.414. The number of aliphatic carboxylic acids is 1. The number of carbonyl (C=O) groups is 1. The first-order valence-corrected chi connectivity index (χ1v) is 6.99. The van der Waals surface area contributed by atoms with E-state index in [-0.39, 0.29) is 0 Å². The third kappa shape index (κ3) is 4.13. The summed E-state index contributed by atoms with van der Waals surface area (Å²) in [6, 6.07) is 4.01. The van der Waals surface area contributed by atoms with Crippen molar-refractivity contribution in [2.45, 2.75) is 34.1 Å². The van der Waals surface area contributed by atoms with Crippen LogP contribution in [-0.4, -0.2) is 24.2 Å². The molecule has 0 spiro atoms. The largest absolute Gasteiger partial charge is 0.481 e. The van der Waals surface area contributed by atoms with Crippen LogP contribution in [0.2, 0.25) is 5.02 Å². The highest BCUT2D eigenvalue weighted by atomic mass is 35.5. The highest BCUT2D eigenvalue weighted by molar-refractivity contribution is 6.33. The van der Waals surface area contributed by atoms with Gasteiger partial charge in [-0.3, -0.25) is 4.79 Å². The summed E-state index contributed by atoms with van der Waals surface area (Å²) >= 11 is 6.34. The minimum Gasteiger partial charge on any atom is -0.481 e. The van der Waals surface area contributed by atoms with Crippen molar-refractivity contribution in [2.75, 3.05) is 18.0 Å². The lowest BCUT2D eigenvalue weighted by molar-refractivity contribution is -0.140. The van der Waals surface area contributed by atoms with Gasteiger partial charge < -0.3 is 10.0 Å². The van der Waals surface area contributed by atoms with Gasteiger partial charge in [-0.25, -0.2) is 0 Å². The topological polar surface area (TPSA) is 40.5 Å². The Bertz CT molecular complexity index is 436. The zero-order chi connectivity index (χ0) is 14.6. The fourth-order valence-electron chi connectivity index (χ4n) is 2.28. The predicted molar refractivity (Wildman–Crippen MR) is 80.2 cm³/mol. The monoisotopic (exact) mass is 283 g/mol. The lowest BCUT2D eigenvalue weighted by Crippen LogP contribution is -2.33. The fraction of sp³-hybridized carbons (Fsp3) is 0.533. The standard InChI is InChI=1S/C15H22ClNO2/c1-5-6-17(9-12(4)15(18)19)14-11(3)7-10(2)8-13(14)16/h7-8,12H,5-6,9H2,1-4H3,(H,18,19). The molecule has 0 aromatic heterocycles. The first-order chi connectivity index (χ1) is 8.86. The van der Waals surface area contributed by atoms with Crippen LogP contribution in [0.5, 0.6) is 0 Å². The van der Waals surface area contributed by atoms with E-state index in [0.29, 0.717) is 11.6 Å². The average molecular weight is 284 g/mol. The minimum atomic E-state index is -0.776. The summed E-state index contributed by atoms with van der Waals surface area (Å²) in [4.78, 5) is 13.1. The van der Waals surface area contributed by atoms with Gasteiger partial charge in [0.15, 0.2) is 0 Å². The van der Waals surface area contributed by atoms with E-state index >= 15 is 0 Å². The summed E-state index contributed by atoms with van der Waals surface area (Å²) in [6.07, 6.45) is 0.954. The van der Waals surface area contributed by atoms with Gasteiger partial charge in [-0.15, -0.1) is 0 Å². The van der Waals surface area contributed by atoms with Crippen LogP contribution in [0, 0.1) is 19.8 Å². The molecule has 0 bridgehead atoms. The summed E-state index contributed by atoms with van der Waals surface area (Å²) in [5.74, 6) is -1.19. The third-order valence-corrected chi connectivity index (χ3v) is 3.41. The molecule has 1 N–H and O–H groups in total. The second-order valence-electron chi connectivity index (χ2n) is 5.10. The Morgan fingerprint density at radius 3 is 2.53 bits per heavy atom. The van der Waals surface area contributed by atoms with Crippen molar-refractivity contribution >= 4 is 23.3 Å². The zero-order valence-electron chi connectivity index (χ0n) is 12.0. The highest BCUT2D eigenvalue weighted by Crippen LogP contribution is 2.31. The smallest absolute Gasteiger partial charge is 0.308 e. The Kier molecular flexibility index (Phi) is 5.67. The molecule has 0 aliphatic heterocycles. The van der Waals surface area contributed by atoms with E-state index in [4.69, 9.17) is 16.7 Å². The Balaban J connectivity index is 3.08. The van der Waals surface area contributed by atoms with Crippen LogP contribution < -0.4 is 4.90 Å². The number of benzene rings is 1. The van der Waals surface area contributed by atoms with Gasteiger partial charge in [0.05, 0.1) is 16.6 Å². The van der Waals surface area contributed by atoms with E-state index in [9.17, 15) is 4.79 Å². The molecule has 0 aliphatic rings. The molecule has 0 heterocycles. The zero-order valence-corrected chi connectivity index (χ0v) is 12.8. The van der Waals surface area contributed by atoms with Crippen molar-refractivity contribution < 1.29 is 9.90 Å². The number of carboxylic acids is 1. The predicted octanol–water partition coefficient (Wildman–Crippen LogP) is 3.89. The van der Waals surface area contributed by atoms with Gasteiger partial charge in [0.1, 0.15) is 0 Å². The Hall–Kier alpha value is -1.22. The van der Waals surface area contributed by atoms with Gasteiger partial charge in [-0.1, -0.05) is 31.5 Å². The van der Waals surface area contributed by atoms with E-state index in [1.807, 2.05) is 19.9 Å². The molecule has 106 valence electrons. The molecular formula is C15H22ClNO2. The number of aryl methyl sites for hydroxylation is 2. The summed E-state index contributed by atoms with van der Waals surface area (Å²) in [6.45, 7) is 9.11. The van der Waals surface area contributed by atoms with Crippen LogP contribution in [0.15, 0.2) is 12.1 Å². The van der Waals surface area contributed by atoms with Gasteiger partial charge in [-0.05, 0) is 37.5 Å². The van der Waals surface area contributed by atoms with Crippen molar-refractivity contribution in [3.05, 3.63) is 28.3 Å². The number of anilines is 1. The molecule has 0 saturated carbocycles. The molecule has 1 rings (SSSR count). The van der Waals surface area contributed by atoms with E-state index in [1.165, 1.54) is 0 Å². The number of hydrogen-bond donors (Lipinski definition) is 1. The molecule has 0 amide bonds. The first kappa shape index (κ1) is 15.8. The molecule has 1 aromatic carbocycles. The van der Waals surface area contributed by atoms with Crippen LogP contribution >= 0.6 is 11.6 Å². The number of nitrogens with zero attached hydrogens (tertiary/aromatic N) is 1. The van der Waals surface area contributed by atoms with Gasteiger partial charge in [-0.2, -0.15) is 0 Å². The van der Waals surface area contributed by atoms with Gasteiger partial charge in [0.25, 0.3) is 0 Å². The maximum absolute atomic E-state index is 11.0. The molecule has 3 nitrogen and oxygen atoms in total. The van der Waals surface area contributed by atoms with Crippen LogP contribution in [0.1, 0.15) is 31.4 Å². The highest BCUT2D eigenvalue weighted by Gasteiger charge is 2.19. The average Bonchev–Trinajstić information content (AvgIpc) is 2.27. The van der Waals surface area contributed by atoms with Crippen molar-refractivity contribution in [1.29, 1.82) is 0 Å². The number of halogens is 1.